The molecule has 0 aromatic heterocycles. The number of unbranched alkanes of at least 4 members (excludes halogenated alkanes) is 1. The van der Waals surface area contributed by atoms with Crippen LogP contribution >= 0.6 is 0 Å². The van der Waals surface area contributed by atoms with Crippen LogP contribution in [0.4, 0.5) is 5.69 Å². The van der Waals surface area contributed by atoms with Gasteiger partial charge in [-0.25, -0.2) is 4.79 Å². The average molecular weight is 303 g/mol. The summed E-state index contributed by atoms with van der Waals surface area (Å²) < 4.78 is 0. The maximum absolute atomic E-state index is 11.1. The molecule has 0 radical (unpaired) electrons. The van der Waals surface area contributed by atoms with E-state index in [-0.39, 0.29) is 0 Å². The van der Waals surface area contributed by atoms with Crippen molar-refractivity contribution in [1.82, 2.24) is 0 Å². The topological polar surface area (TPSA) is 40.5 Å². The number of rotatable bonds is 8. The molecule has 3 heteroatoms. The Morgan fingerprint density at radius 2 is 2.00 bits per heavy atom. The smallest absolute Gasteiger partial charge is 0.335 e. The van der Waals surface area contributed by atoms with Crippen molar-refractivity contribution in [1.29, 1.82) is 0 Å². The van der Waals surface area contributed by atoms with Crippen molar-refractivity contribution in [3.8, 4) is 0 Å². The van der Waals surface area contributed by atoms with Gasteiger partial charge in [0.2, 0.25) is 0 Å². The molecule has 3 nitrogen and oxygen atoms in total. The van der Waals surface area contributed by atoms with Crippen molar-refractivity contribution in [3.63, 3.8) is 0 Å². The van der Waals surface area contributed by atoms with Gasteiger partial charge in [-0.2, -0.15) is 0 Å². The van der Waals surface area contributed by atoms with Crippen LogP contribution in [0.5, 0.6) is 0 Å². The molecule has 0 atom stereocenters. The van der Waals surface area contributed by atoms with E-state index >= 15 is 0 Å². The molecular weight excluding hydrogens is 274 g/mol. The van der Waals surface area contributed by atoms with Gasteiger partial charge in [0.15, 0.2) is 0 Å². The lowest BCUT2D eigenvalue weighted by molar-refractivity contribution is 0.0697. The summed E-state index contributed by atoms with van der Waals surface area (Å²) in [5.41, 5.74) is 1.40. The largest absolute Gasteiger partial charge is 0.478 e. The molecule has 22 heavy (non-hydrogen) atoms. The molecule has 1 fully saturated rings. The van der Waals surface area contributed by atoms with Gasteiger partial charge in [-0.3, -0.25) is 0 Å². The number of carbonyl (C=O) groups is 1. The number of nitrogens with zero attached hydrogens (tertiary/aromatic N) is 1. The highest BCUT2D eigenvalue weighted by Gasteiger charge is 2.13. The summed E-state index contributed by atoms with van der Waals surface area (Å²) in [5.74, 6) is 0.106. The highest BCUT2D eigenvalue weighted by molar-refractivity contribution is 5.88. The van der Waals surface area contributed by atoms with Crippen molar-refractivity contribution >= 4 is 11.7 Å². The van der Waals surface area contributed by atoms with Gasteiger partial charge < -0.3 is 10.0 Å². The quantitative estimate of drug-likeness (QED) is 0.690. The molecule has 1 aromatic carbocycles. The average Bonchev–Trinajstić information content (AvgIpc) is 2.56. The zero-order valence-corrected chi connectivity index (χ0v) is 13.8. The van der Waals surface area contributed by atoms with Crippen molar-refractivity contribution in [2.24, 2.45) is 5.92 Å². The Bertz CT molecular complexity index is 466. The summed E-state index contributed by atoms with van der Waals surface area (Å²) >= 11 is 0. The summed E-state index contributed by atoms with van der Waals surface area (Å²) in [7, 11) is 0. The number of carboxylic acid groups (broad SMARTS) is 1. The van der Waals surface area contributed by atoms with Crippen LogP contribution in [0.1, 0.15) is 68.6 Å². The number of carboxylic acids is 1. The molecule has 122 valence electrons. The summed E-state index contributed by atoms with van der Waals surface area (Å²) in [5, 5.41) is 9.10. The lowest BCUT2D eigenvalue weighted by Crippen LogP contribution is -2.24. The molecule has 1 aliphatic carbocycles. The first-order chi connectivity index (χ1) is 10.7. The molecule has 0 heterocycles. The van der Waals surface area contributed by atoms with Crippen LogP contribution in [0.15, 0.2) is 24.3 Å². The van der Waals surface area contributed by atoms with E-state index in [1.165, 1.54) is 51.4 Å². The second-order valence-electron chi connectivity index (χ2n) is 6.43. The van der Waals surface area contributed by atoms with Gasteiger partial charge in [-0.1, -0.05) is 51.0 Å². The minimum atomic E-state index is -0.852. The zero-order valence-electron chi connectivity index (χ0n) is 13.8. The fraction of sp³-hybridized carbons (Fsp3) is 0.632. The first kappa shape index (κ1) is 16.9. The number of aromatic carboxylic acids is 1. The minimum Gasteiger partial charge on any atom is -0.478 e. The van der Waals surface area contributed by atoms with E-state index in [0.29, 0.717) is 5.56 Å². The predicted octanol–water partition coefficient (Wildman–Crippen LogP) is 4.96. The second kappa shape index (κ2) is 8.82. The van der Waals surface area contributed by atoms with E-state index in [0.717, 1.165) is 24.7 Å². The Balaban J connectivity index is 1.79. The van der Waals surface area contributed by atoms with Crippen LogP contribution in [0.25, 0.3) is 0 Å². The third-order valence-corrected chi connectivity index (χ3v) is 4.86. The molecule has 1 N–H and O–H groups in total. The van der Waals surface area contributed by atoms with Crippen molar-refractivity contribution in [3.05, 3.63) is 29.8 Å². The van der Waals surface area contributed by atoms with E-state index in [4.69, 9.17) is 5.11 Å². The standard InChI is InChI=1S/C19H29NO2/c1-2-20(18-13-8-12-17(15-18)19(21)22)14-7-6-11-16-9-4-3-5-10-16/h8,12-13,15-16H,2-7,9-11,14H2,1H3,(H,21,22). The molecule has 1 saturated carbocycles. The highest BCUT2D eigenvalue weighted by atomic mass is 16.4. The zero-order chi connectivity index (χ0) is 15.8. The Labute approximate surface area is 134 Å². The Kier molecular flexibility index (Phi) is 6.75. The summed E-state index contributed by atoms with van der Waals surface area (Å²) in [6.45, 7) is 4.08. The van der Waals surface area contributed by atoms with Gasteiger partial charge >= 0.3 is 5.97 Å². The third kappa shape index (κ3) is 5.04. The maximum atomic E-state index is 11.1. The van der Waals surface area contributed by atoms with Crippen LogP contribution in [-0.4, -0.2) is 24.2 Å². The highest BCUT2D eigenvalue weighted by Crippen LogP contribution is 2.28. The lowest BCUT2D eigenvalue weighted by atomic mass is 9.86. The molecule has 0 spiro atoms. The van der Waals surface area contributed by atoms with E-state index in [9.17, 15) is 4.79 Å². The van der Waals surface area contributed by atoms with Crippen LogP contribution in [0, 0.1) is 5.92 Å². The second-order valence-corrected chi connectivity index (χ2v) is 6.43. The summed E-state index contributed by atoms with van der Waals surface area (Å²) in [4.78, 5) is 13.4. The third-order valence-electron chi connectivity index (χ3n) is 4.86. The number of benzene rings is 1. The molecule has 0 amide bonds. The maximum Gasteiger partial charge on any atom is 0.335 e. The predicted molar refractivity (Wildman–Crippen MR) is 91.7 cm³/mol. The Hall–Kier alpha value is -1.51. The van der Waals surface area contributed by atoms with Gasteiger partial charge in [-0.05, 0) is 37.5 Å². The fourth-order valence-corrected chi connectivity index (χ4v) is 3.52. The van der Waals surface area contributed by atoms with E-state index in [1.54, 1.807) is 12.1 Å². The molecule has 0 bridgehead atoms. The van der Waals surface area contributed by atoms with Gasteiger partial charge in [0, 0.05) is 18.8 Å². The van der Waals surface area contributed by atoms with E-state index in [1.807, 2.05) is 12.1 Å². The van der Waals surface area contributed by atoms with Crippen LogP contribution < -0.4 is 4.90 Å². The van der Waals surface area contributed by atoms with Crippen molar-refractivity contribution < 1.29 is 9.90 Å². The molecule has 0 unspecified atom stereocenters. The molecule has 0 saturated heterocycles. The summed E-state index contributed by atoms with van der Waals surface area (Å²) in [6, 6.07) is 7.29. The van der Waals surface area contributed by atoms with E-state index < -0.39 is 5.97 Å². The van der Waals surface area contributed by atoms with Crippen LogP contribution in [-0.2, 0) is 0 Å². The SMILES string of the molecule is CCN(CCCCC1CCCCC1)c1cccc(C(=O)O)c1. The van der Waals surface area contributed by atoms with E-state index in [2.05, 4.69) is 11.8 Å². The normalized spacial score (nSPS) is 15.7. The number of hydrogen-bond acceptors (Lipinski definition) is 2. The summed E-state index contributed by atoms with van der Waals surface area (Å²) in [6.07, 6.45) is 11.0. The first-order valence-corrected chi connectivity index (χ1v) is 8.79. The molecule has 1 aromatic rings. The number of anilines is 1. The van der Waals surface area contributed by atoms with Gasteiger partial charge in [-0.15, -0.1) is 0 Å². The first-order valence-electron chi connectivity index (χ1n) is 8.79. The van der Waals surface area contributed by atoms with Crippen LogP contribution in [0.3, 0.4) is 0 Å². The van der Waals surface area contributed by atoms with Gasteiger partial charge in [0.25, 0.3) is 0 Å². The van der Waals surface area contributed by atoms with Gasteiger partial charge in [0.1, 0.15) is 0 Å². The minimum absolute atomic E-state index is 0.373. The molecular formula is C19H29NO2. The van der Waals surface area contributed by atoms with Crippen molar-refractivity contribution in [2.75, 3.05) is 18.0 Å². The molecule has 2 rings (SSSR count). The number of hydrogen-bond donors (Lipinski definition) is 1. The van der Waals surface area contributed by atoms with Gasteiger partial charge in [0.05, 0.1) is 5.56 Å². The van der Waals surface area contributed by atoms with Crippen molar-refractivity contribution in [2.45, 2.75) is 58.3 Å². The molecule has 1 aliphatic rings. The monoisotopic (exact) mass is 303 g/mol. The Morgan fingerprint density at radius 3 is 2.68 bits per heavy atom. The molecule has 0 aliphatic heterocycles. The Morgan fingerprint density at radius 1 is 1.23 bits per heavy atom. The fourth-order valence-electron chi connectivity index (χ4n) is 3.52. The van der Waals surface area contributed by atoms with Crippen LogP contribution in [0.2, 0.25) is 0 Å². The lowest BCUT2D eigenvalue weighted by Gasteiger charge is -2.25.